The molecule has 1 unspecified atom stereocenters. The lowest BCUT2D eigenvalue weighted by molar-refractivity contribution is 0.0693. The Balaban J connectivity index is 2.51. The average molecular weight is 380 g/mol. The Morgan fingerprint density at radius 1 is 1.18 bits per heavy atom. The first-order chi connectivity index (χ1) is 13.0. The molecule has 1 aliphatic heterocycles. The summed E-state index contributed by atoms with van der Waals surface area (Å²) >= 11 is 0. The van der Waals surface area contributed by atoms with Gasteiger partial charge in [-0.15, -0.1) is 0 Å². The molecule has 0 bridgehead atoms. The van der Waals surface area contributed by atoms with E-state index in [1.165, 1.54) is 17.8 Å². The average Bonchev–Trinajstić information content (AvgIpc) is 2.59. The number of carboxylic acids is 1. The smallest absolute Gasteiger partial charge is 0.341 e. The van der Waals surface area contributed by atoms with Crippen LogP contribution in [0.1, 0.15) is 56.7 Å². The van der Waals surface area contributed by atoms with Crippen LogP contribution < -0.4 is 15.9 Å². The molecule has 1 aromatic carbocycles. The molecule has 1 aliphatic rings. The van der Waals surface area contributed by atoms with E-state index in [4.69, 9.17) is 0 Å². The molecule has 0 fully saturated rings. The van der Waals surface area contributed by atoms with E-state index in [2.05, 4.69) is 51.7 Å². The number of rotatable bonds is 1. The van der Waals surface area contributed by atoms with E-state index >= 15 is 0 Å². The number of aromatic nitrogens is 1. The molecule has 1 aromatic heterocycles. The highest BCUT2D eigenvalue weighted by Gasteiger charge is 2.35. The van der Waals surface area contributed by atoms with Gasteiger partial charge in [-0.25, -0.2) is 4.79 Å². The summed E-state index contributed by atoms with van der Waals surface area (Å²) in [7, 11) is 2.04. The molecule has 2 aromatic rings. The predicted octanol–water partition coefficient (Wildman–Crippen LogP) is 2.43. The van der Waals surface area contributed by atoms with Gasteiger partial charge in [-0.05, 0) is 24.5 Å². The van der Waals surface area contributed by atoms with E-state index in [1.54, 1.807) is 0 Å². The van der Waals surface area contributed by atoms with Gasteiger partial charge in [-0.2, -0.15) is 0 Å². The molecule has 2 heterocycles. The van der Waals surface area contributed by atoms with E-state index in [9.17, 15) is 14.7 Å². The predicted molar refractivity (Wildman–Crippen MR) is 112 cm³/mol. The maximum Gasteiger partial charge on any atom is 0.341 e. The molecule has 5 heteroatoms. The first-order valence-electron chi connectivity index (χ1n) is 9.50. The lowest BCUT2D eigenvalue weighted by atomic mass is 9.84. The number of carboxylic acid groups (broad SMARTS) is 1. The van der Waals surface area contributed by atoms with Crippen molar-refractivity contribution in [3.8, 4) is 0 Å². The van der Waals surface area contributed by atoms with E-state index < -0.39 is 11.4 Å². The number of nitrogens with zero attached hydrogens (tertiary/aromatic N) is 2. The van der Waals surface area contributed by atoms with Crippen LogP contribution in [-0.4, -0.2) is 34.1 Å². The number of carbonyl (C=O) groups is 1. The molecule has 0 amide bonds. The largest absolute Gasteiger partial charge is 0.477 e. The van der Waals surface area contributed by atoms with E-state index in [-0.39, 0.29) is 17.0 Å². The van der Waals surface area contributed by atoms with Crippen LogP contribution in [0.5, 0.6) is 0 Å². The molecule has 28 heavy (non-hydrogen) atoms. The Morgan fingerprint density at radius 2 is 1.82 bits per heavy atom. The number of aromatic carboxylic acids is 1. The fourth-order valence-corrected chi connectivity index (χ4v) is 3.95. The number of likely N-dealkylation sites (N-methyl/N-ethyl adjacent to an activating group) is 1. The van der Waals surface area contributed by atoms with Gasteiger partial charge in [0.2, 0.25) is 0 Å². The van der Waals surface area contributed by atoms with Crippen LogP contribution in [0.25, 0.3) is 11.3 Å². The molecule has 3 rings (SSSR count). The van der Waals surface area contributed by atoms with E-state index in [0.717, 1.165) is 28.4 Å². The second kappa shape index (κ2) is 6.97. The third kappa shape index (κ3) is 3.37. The van der Waals surface area contributed by atoms with E-state index in [0.29, 0.717) is 0 Å². The first-order valence-corrected chi connectivity index (χ1v) is 9.50. The topological polar surface area (TPSA) is 62.5 Å². The van der Waals surface area contributed by atoms with Crippen LogP contribution in [0, 0.1) is 5.41 Å². The highest BCUT2D eigenvalue weighted by Crippen LogP contribution is 2.37. The van der Waals surface area contributed by atoms with Crippen LogP contribution in [0.3, 0.4) is 0 Å². The first kappa shape index (κ1) is 19.9. The van der Waals surface area contributed by atoms with Crippen LogP contribution in [0.15, 0.2) is 41.3 Å². The Labute approximate surface area is 165 Å². The minimum Gasteiger partial charge on any atom is -0.477 e. The van der Waals surface area contributed by atoms with Gasteiger partial charge in [0, 0.05) is 31.1 Å². The molecule has 0 radical (unpaired) electrons. The van der Waals surface area contributed by atoms with Gasteiger partial charge in [-0.3, -0.25) is 4.79 Å². The Hall–Kier alpha value is -2.82. The molecular formula is C23H28N2O3. The molecule has 1 atom stereocenters. The molecule has 0 saturated heterocycles. The van der Waals surface area contributed by atoms with Gasteiger partial charge in [0.15, 0.2) is 5.43 Å². The molecule has 0 saturated carbocycles. The molecule has 148 valence electrons. The van der Waals surface area contributed by atoms with Crippen molar-refractivity contribution >= 4 is 17.2 Å². The van der Waals surface area contributed by atoms with Crippen molar-refractivity contribution in [2.45, 2.75) is 40.7 Å². The second-order valence-corrected chi connectivity index (χ2v) is 8.81. The summed E-state index contributed by atoms with van der Waals surface area (Å²) in [5, 5.41) is 11.6. The highest BCUT2D eigenvalue weighted by atomic mass is 16.4. The monoisotopic (exact) mass is 380 g/mol. The Bertz CT molecular complexity index is 1120. The van der Waals surface area contributed by atoms with Crippen molar-refractivity contribution in [2.24, 2.45) is 5.41 Å². The van der Waals surface area contributed by atoms with Crippen molar-refractivity contribution in [3.63, 3.8) is 0 Å². The fourth-order valence-electron chi connectivity index (χ4n) is 3.95. The molecule has 0 aliphatic carbocycles. The summed E-state index contributed by atoms with van der Waals surface area (Å²) in [6, 6.07) is 9.66. The zero-order chi connectivity index (χ0) is 20.8. The zero-order valence-corrected chi connectivity index (χ0v) is 17.4. The fraction of sp³-hybridized carbons (Fsp3) is 0.391. The lowest BCUT2D eigenvalue weighted by Gasteiger charge is -2.43. The summed E-state index contributed by atoms with van der Waals surface area (Å²) in [5.41, 5.74) is 2.14. The maximum absolute atomic E-state index is 12.6. The maximum atomic E-state index is 12.6. The van der Waals surface area contributed by atoms with Crippen LogP contribution in [-0.2, 0) is 0 Å². The van der Waals surface area contributed by atoms with Crippen LogP contribution in [0.4, 0.5) is 0 Å². The second-order valence-electron chi connectivity index (χ2n) is 8.81. The standard InChI is InChI=1S/C23H28N2O3/c1-14(2)15-9-7-8-10-16(15)21-18-11-19(26)17(22(27)28)12-25(18)20(13-24(21)6)23(3,4)5/h7-12,20H,13H2,1-6H3,(H,27,28)/b21-16-. The lowest BCUT2D eigenvalue weighted by Crippen LogP contribution is -2.45. The molecule has 5 nitrogen and oxygen atoms in total. The molecule has 0 spiro atoms. The SMILES string of the molecule is CC(C)=c1cccc/c1=C1\c2cc(=O)c(C(=O)O)cn2C(C(C)(C)C)CN1C. The summed E-state index contributed by atoms with van der Waals surface area (Å²) < 4.78 is 1.99. The summed E-state index contributed by atoms with van der Waals surface area (Å²) in [4.78, 5) is 26.3. The Morgan fingerprint density at radius 3 is 2.39 bits per heavy atom. The summed E-state index contributed by atoms with van der Waals surface area (Å²) in [6.07, 6.45) is 1.52. The van der Waals surface area contributed by atoms with Gasteiger partial charge >= 0.3 is 5.97 Å². The van der Waals surface area contributed by atoms with Crippen molar-refractivity contribution in [2.75, 3.05) is 13.6 Å². The summed E-state index contributed by atoms with van der Waals surface area (Å²) in [5.74, 6) is -1.19. The quantitative estimate of drug-likeness (QED) is 0.825. The minimum atomic E-state index is -1.19. The van der Waals surface area contributed by atoms with Crippen molar-refractivity contribution in [3.05, 3.63) is 68.4 Å². The highest BCUT2D eigenvalue weighted by molar-refractivity contribution is 5.87. The minimum absolute atomic E-state index is 0.0359. The van der Waals surface area contributed by atoms with Crippen molar-refractivity contribution < 1.29 is 9.90 Å². The van der Waals surface area contributed by atoms with Gasteiger partial charge in [0.05, 0.1) is 17.4 Å². The van der Waals surface area contributed by atoms with Gasteiger partial charge < -0.3 is 14.6 Å². The normalized spacial score (nSPS) is 18.6. The van der Waals surface area contributed by atoms with Crippen LogP contribution in [0.2, 0.25) is 0 Å². The number of hydrogen-bond donors (Lipinski definition) is 1. The van der Waals surface area contributed by atoms with Gasteiger partial charge in [0.1, 0.15) is 5.56 Å². The van der Waals surface area contributed by atoms with E-state index in [1.807, 2.05) is 23.7 Å². The Kier molecular flexibility index (Phi) is 4.96. The van der Waals surface area contributed by atoms with Crippen LogP contribution >= 0.6 is 0 Å². The van der Waals surface area contributed by atoms with Crippen molar-refractivity contribution in [1.82, 2.24) is 9.47 Å². The molecular weight excluding hydrogens is 352 g/mol. The summed E-state index contributed by atoms with van der Waals surface area (Å²) in [6.45, 7) is 11.3. The van der Waals surface area contributed by atoms with Gasteiger partial charge in [0.25, 0.3) is 0 Å². The number of benzene rings is 1. The number of pyridine rings is 1. The van der Waals surface area contributed by atoms with Crippen molar-refractivity contribution in [1.29, 1.82) is 0 Å². The number of hydrogen-bond acceptors (Lipinski definition) is 3. The zero-order valence-electron chi connectivity index (χ0n) is 17.4. The molecule has 1 N–H and O–H groups in total. The third-order valence-corrected chi connectivity index (χ3v) is 5.44. The number of fused-ring (bicyclic) bond motifs is 1. The third-order valence-electron chi connectivity index (χ3n) is 5.44. The van der Waals surface area contributed by atoms with Gasteiger partial charge in [-0.1, -0.05) is 50.6 Å².